The minimum Gasteiger partial charge on any atom is -0.465 e. The molecule has 3 N–H and O–H groups in total. The number of amides is 2. The van der Waals surface area contributed by atoms with E-state index in [4.69, 9.17) is 4.42 Å². The third kappa shape index (κ3) is 3.96. The molecule has 2 aliphatic rings. The summed E-state index contributed by atoms with van der Waals surface area (Å²) < 4.78 is 5.21. The average molecular weight is 402 g/mol. The molecule has 0 aromatic carbocycles. The Morgan fingerprint density at radius 2 is 2.17 bits per heavy atom. The van der Waals surface area contributed by atoms with E-state index in [-0.39, 0.29) is 35.7 Å². The quantitative estimate of drug-likeness (QED) is 0.675. The SMILES string of the molecule is Cc1nnc(CC(=O)Nc2cc([C@H]3CC[C@@H](N(C(=O)O)C4(C)CCC4)C3)[nH]n2)o1. The van der Waals surface area contributed by atoms with E-state index in [1.807, 2.05) is 13.0 Å². The van der Waals surface area contributed by atoms with Gasteiger partial charge in [0.25, 0.3) is 0 Å². The summed E-state index contributed by atoms with van der Waals surface area (Å²) in [7, 11) is 0. The van der Waals surface area contributed by atoms with Gasteiger partial charge in [0.1, 0.15) is 6.42 Å². The van der Waals surface area contributed by atoms with Gasteiger partial charge in [0.2, 0.25) is 17.7 Å². The maximum Gasteiger partial charge on any atom is 0.408 e. The van der Waals surface area contributed by atoms with Crippen LogP contribution < -0.4 is 5.32 Å². The second-order valence-electron chi connectivity index (χ2n) is 8.32. The number of aromatic nitrogens is 4. The minimum atomic E-state index is -0.827. The molecule has 2 saturated carbocycles. The maximum absolute atomic E-state index is 12.1. The van der Waals surface area contributed by atoms with Crippen LogP contribution in [0.2, 0.25) is 0 Å². The molecule has 2 aromatic rings. The van der Waals surface area contributed by atoms with E-state index in [2.05, 4.69) is 25.7 Å². The van der Waals surface area contributed by atoms with Crippen molar-refractivity contribution in [2.24, 2.45) is 0 Å². The van der Waals surface area contributed by atoms with Gasteiger partial charge >= 0.3 is 6.09 Å². The predicted molar refractivity (Wildman–Crippen MR) is 102 cm³/mol. The normalized spacial score (nSPS) is 22.8. The van der Waals surface area contributed by atoms with Crippen LogP contribution in [-0.2, 0) is 11.2 Å². The van der Waals surface area contributed by atoms with Crippen LogP contribution in [0.25, 0.3) is 0 Å². The van der Waals surface area contributed by atoms with E-state index in [1.165, 1.54) is 0 Å². The summed E-state index contributed by atoms with van der Waals surface area (Å²) >= 11 is 0. The lowest BCUT2D eigenvalue weighted by atomic mass is 9.76. The van der Waals surface area contributed by atoms with Crippen LogP contribution in [0.1, 0.15) is 68.8 Å². The van der Waals surface area contributed by atoms with Crippen LogP contribution in [0.5, 0.6) is 0 Å². The first-order valence-electron chi connectivity index (χ1n) is 10.0. The monoisotopic (exact) mass is 402 g/mol. The van der Waals surface area contributed by atoms with Gasteiger partial charge in [0.05, 0.1) is 0 Å². The van der Waals surface area contributed by atoms with Crippen molar-refractivity contribution in [1.29, 1.82) is 0 Å². The highest BCUT2D eigenvalue weighted by molar-refractivity contribution is 5.90. The Balaban J connectivity index is 1.36. The second kappa shape index (κ2) is 7.49. The Bertz CT molecular complexity index is 902. The zero-order chi connectivity index (χ0) is 20.6. The Morgan fingerprint density at radius 1 is 1.38 bits per heavy atom. The number of nitrogens with one attached hydrogen (secondary N) is 2. The van der Waals surface area contributed by atoms with Gasteiger partial charge in [0.15, 0.2) is 5.82 Å². The molecule has 2 aliphatic carbocycles. The van der Waals surface area contributed by atoms with Crippen LogP contribution in [0.15, 0.2) is 10.5 Å². The molecule has 10 nitrogen and oxygen atoms in total. The van der Waals surface area contributed by atoms with E-state index in [0.717, 1.165) is 44.2 Å². The molecule has 0 saturated heterocycles. The first kappa shape index (κ1) is 19.4. The van der Waals surface area contributed by atoms with Gasteiger partial charge in [0, 0.05) is 36.2 Å². The fourth-order valence-corrected chi connectivity index (χ4v) is 4.58. The van der Waals surface area contributed by atoms with Gasteiger partial charge in [-0.1, -0.05) is 0 Å². The molecule has 0 bridgehead atoms. The molecule has 2 aromatic heterocycles. The van der Waals surface area contributed by atoms with Gasteiger partial charge in [-0.2, -0.15) is 5.10 Å². The first-order chi connectivity index (χ1) is 13.8. The smallest absolute Gasteiger partial charge is 0.408 e. The number of aromatic amines is 1. The Morgan fingerprint density at radius 3 is 2.79 bits per heavy atom. The van der Waals surface area contributed by atoms with Crippen molar-refractivity contribution in [1.82, 2.24) is 25.3 Å². The average Bonchev–Trinajstić information content (AvgIpc) is 3.35. The van der Waals surface area contributed by atoms with Crippen LogP contribution >= 0.6 is 0 Å². The second-order valence-corrected chi connectivity index (χ2v) is 8.32. The van der Waals surface area contributed by atoms with Crippen LogP contribution in [-0.4, -0.2) is 54.0 Å². The first-order valence-corrected chi connectivity index (χ1v) is 10.0. The van der Waals surface area contributed by atoms with Crippen LogP contribution in [0.3, 0.4) is 0 Å². The van der Waals surface area contributed by atoms with Crippen molar-refractivity contribution in [3.8, 4) is 0 Å². The molecular formula is C19H26N6O4. The molecule has 2 amide bonds. The molecular weight excluding hydrogens is 376 g/mol. The van der Waals surface area contributed by atoms with Crippen molar-refractivity contribution in [2.45, 2.75) is 76.3 Å². The number of carboxylic acid groups (broad SMARTS) is 1. The lowest BCUT2D eigenvalue weighted by molar-refractivity contribution is -0.115. The summed E-state index contributed by atoms with van der Waals surface area (Å²) in [5.41, 5.74) is 0.687. The molecule has 4 rings (SSSR count). The molecule has 0 radical (unpaired) electrons. The highest BCUT2D eigenvalue weighted by Crippen LogP contribution is 2.44. The van der Waals surface area contributed by atoms with E-state index in [9.17, 15) is 14.7 Å². The van der Waals surface area contributed by atoms with Gasteiger partial charge in [-0.25, -0.2) is 4.79 Å². The van der Waals surface area contributed by atoms with Gasteiger partial charge in [-0.3, -0.25) is 14.8 Å². The lowest BCUT2D eigenvalue weighted by Gasteiger charge is -2.49. The highest BCUT2D eigenvalue weighted by Gasteiger charge is 2.46. The zero-order valence-corrected chi connectivity index (χ0v) is 16.6. The largest absolute Gasteiger partial charge is 0.465 e. The number of carbonyl (C=O) groups excluding carboxylic acids is 1. The third-order valence-corrected chi connectivity index (χ3v) is 6.17. The number of nitrogens with zero attached hydrogens (tertiary/aromatic N) is 4. The van der Waals surface area contributed by atoms with Gasteiger partial charge < -0.3 is 14.8 Å². The number of rotatable bonds is 6. The number of H-pyrrole nitrogens is 1. The summed E-state index contributed by atoms with van der Waals surface area (Å²) in [6.07, 6.45) is 4.60. The summed E-state index contributed by atoms with van der Waals surface area (Å²) in [4.78, 5) is 25.7. The van der Waals surface area contributed by atoms with Crippen LogP contribution in [0.4, 0.5) is 10.6 Å². The topological polar surface area (TPSA) is 137 Å². The Kier molecular flexibility index (Phi) is 5.01. The lowest BCUT2D eigenvalue weighted by Crippen LogP contribution is -2.57. The molecule has 2 atom stereocenters. The van der Waals surface area contributed by atoms with Crippen molar-refractivity contribution in [2.75, 3.05) is 5.32 Å². The summed E-state index contributed by atoms with van der Waals surface area (Å²) in [6, 6.07) is 1.84. The fourth-order valence-electron chi connectivity index (χ4n) is 4.58. The predicted octanol–water partition coefficient (Wildman–Crippen LogP) is 2.84. The number of aryl methyl sites for hydroxylation is 1. The Hall–Kier alpha value is -2.91. The minimum absolute atomic E-state index is 0.0132. The number of anilines is 1. The molecule has 2 fully saturated rings. The van der Waals surface area contributed by atoms with E-state index < -0.39 is 6.09 Å². The fraction of sp³-hybridized carbons (Fsp3) is 0.632. The standard InChI is InChI=1S/C19H26N6O4/c1-11-21-24-17(29-11)10-16(26)20-15-9-14(22-23-15)12-4-5-13(8-12)25(18(27)28)19(2)6-3-7-19/h9,12-13H,3-8,10H2,1-2H3,(H,27,28)(H2,20,22,23,26)/t12-,13+/m0/s1. The van der Waals surface area contributed by atoms with Crippen LogP contribution in [0, 0.1) is 6.92 Å². The number of carbonyl (C=O) groups is 2. The van der Waals surface area contributed by atoms with Gasteiger partial charge in [-0.15, -0.1) is 10.2 Å². The van der Waals surface area contributed by atoms with E-state index in [0.29, 0.717) is 11.7 Å². The molecule has 0 spiro atoms. The summed E-state index contributed by atoms with van der Waals surface area (Å²) in [6.45, 7) is 3.72. The van der Waals surface area contributed by atoms with Crippen molar-refractivity contribution < 1.29 is 19.1 Å². The maximum atomic E-state index is 12.1. The van der Waals surface area contributed by atoms with Gasteiger partial charge in [-0.05, 0) is 45.4 Å². The van der Waals surface area contributed by atoms with Crippen molar-refractivity contribution >= 4 is 17.8 Å². The zero-order valence-electron chi connectivity index (χ0n) is 16.6. The third-order valence-electron chi connectivity index (χ3n) is 6.17. The Labute approximate surface area is 168 Å². The number of hydrogen-bond acceptors (Lipinski definition) is 6. The molecule has 0 unspecified atom stereocenters. The molecule has 156 valence electrons. The molecule has 2 heterocycles. The molecule has 29 heavy (non-hydrogen) atoms. The van der Waals surface area contributed by atoms with E-state index >= 15 is 0 Å². The molecule has 0 aliphatic heterocycles. The van der Waals surface area contributed by atoms with Crippen molar-refractivity contribution in [3.05, 3.63) is 23.5 Å². The number of hydrogen-bond donors (Lipinski definition) is 3. The highest BCUT2D eigenvalue weighted by atomic mass is 16.4. The van der Waals surface area contributed by atoms with Crippen molar-refractivity contribution in [3.63, 3.8) is 0 Å². The van der Waals surface area contributed by atoms with E-state index in [1.54, 1.807) is 11.8 Å². The summed E-state index contributed by atoms with van der Waals surface area (Å²) in [5.74, 6) is 1.02. The summed E-state index contributed by atoms with van der Waals surface area (Å²) in [5, 5.41) is 27.2. The molecule has 10 heteroatoms.